The quantitative estimate of drug-likeness (QED) is 0.297. The molecule has 2 aliphatic heterocycles. The normalized spacial score (nSPS) is 17.4. The molecule has 244 valence electrons. The number of piperazine rings is 2. The maximum absolute atomic E-state index is 12.7. The van der Waals surface area contributed by atoms with E-state index in [1.165, 1.54) is 14.2 Å². The summed E-state index contributed by atoms with van der Waals surface area (Å²) in [7, 11) is 6.72. The van der Waals surface area contributed by atoms with Crippen molar-refractivity contribution in [1.82, 2.24) is 24.9 Å². The number of carbonyl (C=O) groups is 5. The molecule has 1 N–H and O–H groups in total. The van der Waals surface area contributed by atoms with Gasteiger partial charge in [0.2, 0.25) is 11.8 Å². The summed E-state index contributed by atoms with van der Waals surface area (Å²) < 4.78 is 14.4. The van der Waals surface area contributed by atoms with Gasteiger partial charge in [-0.1, -0.05) is 6.92 Å². The van der Waals surface area contributed by atoms with Crippen LogP contribution in [0.4, 0.5) is 4.79 Å². The fourth-order valence-electron chi connectivity index (χ4n) is 4.22. The van der Waals surface area contributed by atoms with Crippen LogP contribution in [-0.2, 0) is 33.4 Å². The molecule has 0 unspecified atom stereocenters. The van der Waals surface area contributed by atoms with Crippen molar-refractivity contribution in [2.45, 2.75) is 65.0 Å². The van der Waals surface area contributed by atoms with Crippen molar-refractivity contribution in [1.29, 1.82) is 0 Å². The first kappa shape index (κ1) is 39.4. The second kappa shape index (κ2) is 19.5. The van der Waals surface area contributed by atoms with Crippen LogP contribution in [0.5, 0.6) is 0 Å². The van der Waals surface area contributed by atoms with Crippen LogP contribution in [0, 0.1) is 5.92 Å². The first-order valence-corrected chi connectivity index (χ1v) is 14.2. The topological polar surface area (TPSA) is 138 Å². The summed E-state index contributed by atoms with van der Waals surface area (Å²) in [6.07, 6.45) is 0.447. The molecule has 2 fully saturated rings. The van der Waals surface area contributed by atoms with Gasteiger partial charge in [0.1, 0.15) is 11.6 Å². The summed E-state index contributed by atoms with van der Waals surface area (Å²) in [5, 5.41) is 2.59. The van der Waals surface area contributed by atoms with E-state index in [9.17, 15) is 24.0 Å². The zero-order chi connectivity index (χ0) is 31.2. The predicted molar refractivity (Wildman–Crippen MR) is 160 cm³/mol. The minimum Gasteiger partial charge on any atom is -0.469 e. The molecule has 0 bridgehead atoms. The molecule has 0 aromatic carbocycles. The Morgan fingerprint density at radius 2 is 1.12 bits per heavy atom. The zero-order valence-corrected chi connectivity index (χ0v) is 27.4. The van der Waals surface area contributed by atoms with Gasteiger partial charge in [-0.15, -0.1) is 12.4 Å². The van der Waals surface area contributed by atoms with Gasteiger partial charge in [0.25, 0.3) is 0 Å². The van der Waals surface area contributed by atoms with Crippen LogP contribution in [0.2, 0.25) is 0 Å². The van der Waals surface area contributed by atoms with Crippen LogP contribution in [-0.4, -0.2) is 142 Å². The molecule has 2 rings (SSSR count). The molecular formula is C28H52ClN5O8. The molecule has 0 aromatic heterocycles. The third-order valence-electron chi connectivity index (χ3n) is 6.91. The van der Waals surface area contributed by atoms with E-state index in [0.29, 0.717) is 25.9 Å². The van der Waals surface area contributed by atoms with Crippen LogP contribution in [0.25, 0.3) is 0 Å². The average molecular weight is 622 g/mol. The Morgan fingerprint density at radius 1 is 0.714 bits per heavy atom. The fraction of sp³-hybridized carbons (Fsp3) is 0.821. The van der Waals surface area contributed by atoms with Gasteiger partial charge in [0.15, 0.2) is 0 Å². The van der Waals surface area contributed by atoms with Crippen molar-refractivity contribution < 1.29 is 38.2 Å². The molecule has 42 heavy (non-hydrogen) atoms. The van der Waals surface area contributed by atoms with E-state index in [1.54, 1.807) is 25.7 Å². The Balaban J connectivity index is 0.000000825. The van der Waals surface area contributed by atoms with Gasteiger partial charge in [-0.3, -0.25) is 19.2 Å². The third kappa shape index (κ3) is 15.5. The number of nitrogens with one attached hydrogen (secondary N) is 1. The molecule has 2 atom stereocenters. The molecule has 0 saturated carbocycles. The summed E-state index contributed by atoms with van der Waals surface area (Å²) in [6.45, 7) is 13.3. The first-order valence-electron chi connectivity index (χ1n) is 14.2. The van der Waals surface area contributed by atoms with Crippen LogP contribution >= 0.6 is 12.4 Å². The van der Waals surface area contributed by atoms with E-state index < -0.39 is 23.7 Å². The van der Waals surface area contributed by atoms with Crippen LogP contribution in [0.1, 0.15) is 53.4 Å². The maximum Gasteiger partial charge on any atom is 0.408 e. The number of methoxy groups -OCH3 is 2. The summed E-state index contributed by atoms with van der Waals surface area (Å²) >= 11 is 0. The molecule has 0 aliphatic carbocycles. The fourth-order valence-corrected chi connectivity index (χ4v) is 4.22. The molecule has 2 saturated heterocycles. The lowest BCUT2D eigenvalue weighted by Gasteiger charge is -2.35. The Labute approximate surface area is 256 Å². The molecule has 14 heteroatoms. The van der Waals surface area contributed by atoms with Gasteiger partial charge in [-0.25, -0.2) is 4.79 Å². The Morgan fingerprint density at radius 3 is 1.52 bits per heavy atom. The van der Waals surface area contributed by atoms with E-state index in [-0.39, 0.29) is 49.0 Å². The Kier molecular flexibility index (Phi) is 18.3. The lowest BCUT2D eigenvalue weighted by Crippen LogP contribution is -2.54. The molecule has 13 nitrogen and oxygen atoms in total. The molecule has 3 amide bonds. The molecule has 0 aromatic rings. The molecule has 2 heterocycles. The average Bonchev–Trinajstić information content (AvgIpc) is 2.92. The highest BCUT2D eigenvalue weighted by Crippen LogP contribution is 2.13. The minimum atomic E-state index is -0.803. The Hall–Kier alpha value is -2.64. The van der Waals surface area contributed by atoms with Crippen molar-refractivity contribution >= 4 is 42.3 Å². The van der Waals surface area contributed by atoms with E-state index in [2.05, 4.69) is 31.6 Å². The highest BCUT2D eigenvalue weighted by Gasteiger charge is 2.30. The highest BCUT2D eigenvalue weighted by molar-refractivity contribution is 5.86. The lowest BCUT2D eigenvalue weighted by atomic mass is 10.0. The molecule has 2 aliphatic rings. The molecular weight excluding hydrogens is 570 g/mol. The number of carbonyl (C=O) groups excluding carboxylic acids is 5. The number of likely N-dealkylation sites (N-methyl/N-ethyl adjacent to an activating group) is 2. The van der Waals surface area contributed by atoms with E-state index in [0.717, 1.165) is 39.3 Å². The van der Waals surface area contributed by atoms with E-state index >= 15 is 0 Å². The number of ether oxygens (including phenoxy) is 3. The molecule has 0 spiro atoms. The van der Waals surface area contributed by atoms with Crippen molar-refractivity contribution in [3.8, 4) is 0 Å². The van der Waals surface area contributed by atoms with E-state index in [4.69, 9.17) is 4.74 Å². The number of halogens is 1. The lowest BCUT2D eigenvalue weighted by molar-refractivity contribution is -0.143. The third-order valence-corrected chi connectivity index (χ3v) is 6.91. The number of amides is 3. The molecule has 0 radical (unpaired) electrons. The number of hydrogen-bond donors (Lipinski definition) is 1. The minimum absolute atomic E-state index is 0. The smallest absolute Gasteiger partial charge is 0.408 e. The van der Waals surface area contributed by atoms with Crippen molar-refractivity contribution in [2.75, 3.05) is 80.7 Å². The number of nitrogens with zero attached hydrogens (tertiary/aromatic N) is 4. The number of esters is 2. The monoisotopic (exact) mass is 621 g/mol. The number of rotatable bonds is 9. The van der Waals surface area contributed by atoms with Gasteiger partial charge >= 0.3 is 18.0 Å². The highest BCUT2D eigenvalue weighted by atomic mass is 35.5. The second-order valence-electron chi connectivity index (χ2n) is 11.6. The van der Waals surface area contributed by atoms with Gasteiger partial charge < -0.3 is 39.1 Å². The predicted octanol–water partition coefficient (Wildman–Crippen LogP) is 1.38. The van der Waals surface area contributed by atoms with Crippen molar-refractivity contribution in [2.24, 2.45) is 5.92 Å². The SMILES string of the molecule is COC(=O)CC[C@H](C)C(=O)N1CCN(C)CC1.COC(=O)CC[C@H](NC(=O)OC(C)(C)C)C(=O)N1CCN(C)CC1.Cl. The Bertz CT molecular complexity index is 869. The van der Waals surface area contributed by atoms with Crippen molar-refractivity contribution in [3.63, 3.8) is 0 Å². The first-order chi connectivity index (χ1) is 19.2. The summed E-state index contributed by atoms with van der Waals surface area (Å²) in [4.78, 5) is 67.1. The van der Waals surface area contributed by atoms with E-state index in [1.807, 2.05) is 18.9 Å². The number of hydrogen-bond acceptors (Lipinski definition) is 10. The van der Waals surface area contributed by atoms with Crippen molar-refractivity contribution in [3.05, 3.63) is 0 Å². The largest absolute Gasteiger partial charge is 0.469 e. The summed E-state index contributed by atoms with van der Waals surface area (Å²) in [5.41, 5.74) is -0.659. The summed E-state index contributed by atoms with van der Waals surface area (Å²) in [6, 6.07) is -0.803. The second-order valence-corrected chi connectivity index (χ2v) is 11.6. The maximum atomic E-state index is 12.7. The standard InChI is InChI=1S/C16H29N3O5.C12H22N2O3.ClH/c1-16(2,3)24-15(22)17-12(6-7-13(20)23-5)14(21)19-10-8-18(4)9-11-19;1-10(4-5-11(15)17-3)12(16)14-8-6-13(2)7-9-14;/h12H,6-11H2,1-5H3,(H,17,22);10H,4-9H2,1-3H3;1H/t12-;10-;/m00./s1. The van der Waals surface area contributed by atoms with Gasteiger partial charge in [0, 0.05) is 71.1 Å². The van der Waals surface area contributed by atoms with Gasteiger partial charge in [-0.05, 0) is 47.7 Å². The van der Waals surface area contributed by atoms with Crippen LogP contribution < -0.4 is 5.32 Å². The van der Waals surface area contributed by atoms with Gasteiger partial charge in [-0.2, -0.15) is 0 Å². The summed E-state index contributed by atoms with van der Waals surface area (Å²) in [5.74, 6) is -0.808. The van der Waals surface area contributed by atoms with Gasteiger partial charge in [0.05, 0.1) is 14.2 Å². The zero-order valence-electron chi connectivity index (χ0n) is 26.6. The van der Waals surface area contributed by atoms with Crippen LogP contribution in [0.15, 0.2) is 0 Å². The number of alkyl carbamates (subject to hydrolysis) is 1. The van der Waals surface area contributed by atoms with Crippen LogP contribution in [0.3, 0.4) is 0 Å².